The molecule has 0 unspecified atom stereocenters. The SMILES string of the molecule is Cc1cc(C(=S)Cl)ccc1Cl. The molecular weight excluding hydrogens is 199 g/mol. The number of aryl methyl sites for hydroxylation is 1. The van der Waals surface area contributed by atoms with Gasteiger partial charge in [-0.05, 0) is 24.6 Å². The largest absolute Gasteiger partial charge is 0.111 e. The molecule has 0 aliphatic heterocycles. The Labute approximate surface area is 81.1 Å². The first kappa shape index (κ1) is 8.98. The molecule has 0 heterocycles. The van der Waals surface area contributed by atoms with E-state index in [0.29, 0.717) is 4.32 Å². The quantitative estimate of drug-likeness (QED) is 0.499. The van der Waals surface area contributed by atoms with Crippen LogP contribution in [0, 0.1) is 6.92 Å². The van der Waals surface area contributed by atoms with E-state index < -0.39 is 0 Å². The minimum absolute atomic E-state index is 0.379. The van der Waals surface area contributed by atoms with E-state index in [9.17, 15) is 0 Å². The molecule has 0 radical (unpaired) electrons. The Morgan fingerprint density at radius 2 is 2.09 bits per heavy atom. The predicted octanol–water partition coefficient (Wildman–Crippen LogP) is 3.56. The van der Waals surface area contributed by atoms with Crippen LogP contribution in [0.15, 0.2) is 18.2 Å². The Hall–Kier alpha value is -0.110. The second kappa shape index (κ2) is 3.53. The lowest BCUT2D eigenvalue weighted by molar-refractivity contribution is 1.46. The first-order valence-corrected chi connectivity index (χ1v) is 4.23. The summed E-state index contributed by atoms with van der Waals surface area (Å²) >= 11 is 16.2. The third-order valence-corrected chi connectivity index (χ3v) is 2.26. The van der Waals surface area contributed by atoms with Gasteiger partial charge in [0.2, 0.25) is 0 Å². The van der Waals surface area contributed by atoms with Gasteiger partial charge in [0.1, 0.15) is 4.32 Å². The zero-order valence-corrected chi connectivity index (χ0v) is 8.22. The first-order chi connectivity index (χ1) is 5.11. The standard InChI is InChI=1S/C8H6Cl2S/c1-5-4-6(8(10)11)2-3-7(5)9/h2-4H,1H3. The topological polar surface area (TPSA) is 0 Å². The summed E-state index contributed by atoms with van der Waals surface area (Å²) in [5.41, 5.74) is 1.84. The van der Waals surface area contributed by atoms with Gasteiger partial charge in [-0.3, -0.25) is 0 Å². The van der Waals surface area contributed by atoms with Gasteiger partial charge in [-0.25, -0.2) is 0 Å². The highest BCUT2D eigenvalue weighted by molar-refractivity contribution is 7.83. The van der Waals surface area contributed by atoms with Crippen LogP contribution in [0.5, 0.6) is 0 Å². The van der Waals surface area contributed by atoms with Crippen LogP contribution in [0.25, 0.3) is 0 Å². The molecule has 1 rings (SSSR count). The molecule has 0 amide bonds. The van der Waals surface area contributed by atoms with Crippen LogP contribution in [-0.4, -0.2) is 4.32 Å². The second-order valence-electron chi connectivity index (χ2n) is 2.24. The summed E-state index contributed by atoms with van der Waals surface area (Å²) in [5, 5.41) is 0.738. The Kier molecular flexibility index (Phi) is 2.88. The first-order valence-electron chi connectivity index (χ1n) is 3.07. The summed E-state index contributed by atoms with van der Waals surface area (Å²) in [6.45, 7) is 1.92. The van der Waals surface area contributed by atoms with Crippen molar-refractivity contribution in [1.82, 2.24) is 0 Å². The van der Waals surface area contributed by atoms with Gasteiger partial charge in [0.25, 0.3) is 0 Å². The summed E-state index contributed by atoms with van der Waals surface area (Å²) < 4.78 is 0.379. The highest BCUT2D eigenvalue weighted by Crippen LogP contribution is 2.17. The van der Waals surface area contributed by atoms with Crippen molar-refractivity contribution in [3.8, 4) is 0 Å². The molecule has 0 N–H and O–H groups in total. The van der Waals surface area contributed by atoms with Crippen molar-refractivity contribution in [2.75, 3.05) is 0 Å². The van der Waals surface area contributed by atoms with Crippen LogP contribution in [-0.2, 0) is 0 Å². The van der Waals surface area contributed by atoms with E-state index in [0.717, 1.165) is 16.1 Å². The van der Waals surface area contributed by atoms with Crippen LogP contribution < -0.4 is 0 Å². The Balaban J connectivity index is 3.15. The van der Waals surface area contributed by atoms with E-state index in [-0.39, 0.29) is 0 Å². The van der Waals surface area contributed by atoms with Crippen molar-refractivity contribution in [2.45, 2.75) is 6.92 Å². The summed E-state index contributed by atoms with van der Waals surface area (Å²) in [5.74, 6) is 0. The van der Waals surface area contributed by atoms with Crippen molar-refractivity contribution in [3.05, 3.63) is 34.3 Å². The molecule has 0 spiro atoms. The zero-order chi connectivity index (χ0) is 8.43. The summed E-state index contributed by atoms with van der Waals surface area (Å²) in [7, 11) is 0. The monoisotopic (exact) mass is 204 g/mol. The van der Waals surface area contributed by atoms with Gasteiger partial charge in [-0.1, -0.05) is 41.5 Å². The maximum Gasteiger partial charge on any atom is 0.111 e. The molecule has 0 saturated heterocycles. The van der Waals surface area contributed by atoms with Crippen LogP contribution in [0.1, 0.15) is 11.1 Å². The average Bonchev–Trinajstić information content (AvgIpc) is 1.94. The van der Waals surface area contributed by atoms with Crippen molar-refractivity contribution in [3.63, 3.8) is 0 Å². The molecule has 0 atom stereocenters. The predicted molar refractivity (Wildman–Crippen MR) is 53.7 cm³/mol. The lowest BCUT2D eigenvalue weighted by Gasteiger charge is -1.99. The molecule has 1 aromatic rings. The van der Waals surface area contributed by atoms with Crippen molar-refractivity contribution in [1.29, 1.82) is 0 Å². The molecule has 0 aromatic heterocycles. The van der Waals surface area contributed by atoms with Gasteiger partial charge in [-0.2, -0.15) is 0 Å². The fourth-order valence-corrected chi connectivity index (χ4v) is 1.13. The Bertz CT molecular complexity index is 294. The van der Waals surface area contributed by atoms with Crippen LogP contribution in [0.3, 0.4) is 0 Å². The van der Waals surface area contributed by atoms with Gasteiger partial charge in [0.15, 0.2) is 0 Å². The fraction of sp³-hybridized carbons (Fsp3) is 0.125. The second-order valence-corrected chi connectivity index (χ2v) is 3.66. The van der Waals surface area contributed by atoms with Gasteiger partial charge in [-0.15, -0.1) is 0 Å². The molecule has 0 bridgehead atoms. The van der Waals surface area contributed by atoms with E-state index in [4.69, 9.17) is 35.4 Å². The average molecular weight is 205 g/mol. The normalized spacial score (nSPS) is 9.73. The van der Waals surface area contributed by atoms with E-state index in [1.165, 1.54) is 0 Å². The zero-order valence-electron chi connectivity index (χ0n) is 5.90. The molecule has 11 heavy (non-hydrogen) atoms. The maximum atomic E-state index is 5.80. The van der Waals surface area contributed by atoms with E-state index in [2.05, 4.69) is 0 Å². The Morgan fingerprint density at radius 1 is 1.45 bits per heavy atom. The van der Waals surface area contributed by atoms with Gasteiger partial charge in [0, 0.05) is 10.6 Å². The molecule has 58 valence electrons. The lowest BCUT2D eigenvalue weighted by atomic mass is 10.2. The van der Waals surface area contributed by atoms with Gasteiger partial charge in [0.05, 0.1) is 0 Å². The number of hydrogen-bond donors (Lipinski definition) is 0. The lowest BCUT2D eigenvalue weighted by Crippen LogP contribution is -1.87. The molecule has 0 fully saturated rings. The summed E-state index contributed by atoms with van der Waals surface area (Å²) in [4.78, 5) is 0. The number of hydrogen-bond acceptors (Lipinski definition) is 1. The molecule has 0 aliphatic carbocycles. The molecule has 0 aliphatic rings. The van der Waals surface area contributed by atoms with Crippen molar-refractivity contribution in [2.24, 2.45) is 0 Å². The fourth-order valence-electron chi connectivity index (χ4n) is 0.767. The third-order valence-electron chi connectivity index (χ3n) is 1.38. The number of rotatable bonds is 1. The molecule has 1 aromatic carbocycles. The highest BCUT2D eigenvalue weighted by atomic mass is 35.5. The minimum Gasteiger partial charge on any atom is -0.0841 e. The number of halogens is 2. The van der Waals surface area contributed by atoms with E-state index >= 15 is 0 Å². The van der Waals surface area contributed by atoms with E-state index in [1.54, 1.807) is 6.07 Å². The summed E-state index contributed by atoms with van der Waals surface area (Å²) in [6, 6.07) is 5.48. The van der Waals surface area contributed by atoms with Crippen LogP contribution in [0.4, 0.5) is 0 Å². The Morgan fingerprint density at radius 3 is 2.55 bits per heavy atom. The van der Waals surface area contributed by atoms with Crippen LogP contribution in [0.2, 0.25) is 5.02 Å². The minimum atomic E-state index is 0.379. The highest BCUT2D eigenvalue weighted by Gasteiger charge is 1.99. The molecule has 0 nitrogen and oxygen atoms in total. The van der Waals surface area contributed by atoms with Crippen LogP contribution >= 0.6 is 35.4 Å². The third kappa shape index (κ3) is 2.16. The molecule has 3 heteroatoms. The van der Waals surface area contributed by atoms with Crippen molar-refractivity contribution < 1.29 is 0 Å². The van der Waals surface area contributed by atoms with Gasteiger partial charge >= 0.3 is 0 Å². The number of benzene rings is 1. The molecular formula is C8H6Cl2S. The maximum absolute atomic E-state index is 5.80. The molecule has 0 saturated carbocycles. The van der Waals surface area contributed by atoms with E-state index in [1.807, 2.05) is 19.1 Å². The smallest absolute Gasteiger partial charge is 0.0841 e. The summed E-state index contributed by atoms with van der Waals surface area (Å²) in [6.07, 6.45) is 0. The van der Waals surface area contributed by atoms with Gasteiger partial charge < -0.3 is 0 Å². The van der Waals surface area contributed by atoms with Crippen molar-refractivity contribution >= 4 is 39.7 Å². The number of thiocarbonyl (C=S) groups is 1.